The Balaban J connectivity index is 0.00000576. The first-order valence-corrected chi connectivity index (χ1v) is 22.4. The Morgan fingerprint density at radius 2 is 1.03 bits per heavy atom. The second kappa shape index (κ2) is 20.0. The number of anilines is 5. The molecule has 2 saturated heterocycles. The molecule has 2 aliphatic rings. The molecule has 7 nitrogen and oxygen atoms in total. The van der Waals surface area contributed by atoms with Gasteiger partial charge in [0.25, 0.3) is 0 Å². The minimum atomic E-state index is -4.56. The Bertz CT molecular complexity index is 2760. The average Bonchev–Trinajstić information content (AvgIpc) is 3.30. The van der Waals surface area contributed by atoms with Gasteiger partial charge in [0.15, 0.2) is 0 Å². The van der Waals surface area contributed by atoms with Crippen molar-refractivity contribution in [2.24, 2.45) is 0 Å². The van der Waals surface area contributed by atoms with Gasteiger partial charge in [0, 0.05) is 93.3 Å². The number of rotatable bonds is 11. The van der Waals surface area contributed by atoms with E-state index in [0.717, 1.165) is 102 Å². The van der Waals surface area contributed by atoms with E-state index in [1.807, 2.05) is 36.4 Å². The third-order valence-corrected chi connectivity index (χ3v) is 12.9. The quantitative estimate of drug-likeness (QED) is 0.140. The summed E-state index contributed by atoms with van der Waals surface area (Å²) < 4.78 is 42.0. The van der Waals surface area contributed by atoms with Crippen LogP contribution in [-0.4, -0.2) is 81.3 Å². The molecular formula is C54H56ClF3N6O. The molecule has 0 bridgehead atoms. The lowest BCUT2D eigenvalue weighted by molar-refractivity contribution is -0.137. The summed E-state index contributed by atoms with van der Waals surface area (Å²) in [5, 5.41) is 8.10. The van der Waals surface area contributed by atoms with Gasteiger partial charge in [0.1, 0.15) is 0 Å². The molecule has 0 unspecified atom stereocenters. The summed E-state index contributed by atoms with van der Waals surface area (Å²) >= 11 is 0. The topological polar surface area (TPSA) is 45.3 Å². The predicted molar refractivity (Wildman–Crippen MR) is 265 cm³/mol. The van der Waals surface area contributed by atoms with E-state index in [0.29, 0.717) is 11.4 Å². The molecule has 11 heteroatoms. The number of carbonyl (C=O) groups is 1. The zero-order chi connectivity index (χ0) is 44.2. The Labute approximate surface area is 386 Å². The first-order valence-electron chi connectivity index (χ1n) is 22.4. The van der Waals surface area contributed by atoms with Crippen molar-refractivity contribution in [2.45, 2.75) is 32.9 Å². The molecule has 65 heavy (non-hydrogen) atoms. The molecule has 2 aliphatic heterocycles. The summed E-state index contributed by atoms with van der Waals surface area (Å²) in [6, 6.07) is 46.1. The number of amides is 2. The lowest BCUT2D eigenvalue weighted by Crippen LogP contribution is -2.47. The fourth-order valence-corrected chi connectivity index (χ4v) is 9.36. The van der Waals surface area contributed by atoms with Gasteiger partial charge in [-0.1, -0.05) is 102 Å². The Kier molecular flexibility index (Phi) is 14.0. The van der Waals surface area contributed by atoms with Crippen LogP contribution in [0.25, 0.3) is 21.5 Å². The first-order chi connectivity index (χ1) is 31.0. The van der Waals surface area contributed by atoms with Gasteiger partial charge < -0.3 is 15.1 Å². The summed E-state index contributed by atoms with van der Waals surface area (Å²) in [4.78, 5) is 25.5. The lowest BCUT2D eigenvalue weighted by atomic mass is 10.0. The van der Waals surface area contributed by atoms with Gasteiger partial charge in [-0.2, -0.15) is 13.2 Å². The number of fused-ring (bicyclic) bond motifs is 2. The maximum absolute atomic E-state index is 14.3. The van der Waals surface area contributed by atoms with Gasteiger partial charge in [0.05, 0.1) is 16.9 Å². The van der Waals surface area contributed by atoms with E-state index in [2.05, 4.69) is 118 Å². The fourth-order valence-electron chi connectivity index (χ4n) is 9.36. The molecule has 9 rings (SSSR count). The molecule has 0 spiro atoms. The van der Waals surface area contributed by atoms with Crippen LogP contribution < -0.4 is 20.0 Å². The maximum atomic E-state index is 14.3. The number of nitrogens with one attached hydrogen (secondary N) is 1. The number of nitrogens with zero attached hydrogens (tertiary/aromatic N) is 5. The van der Waals surface area contributed by atoms with Crippen molar-refractivity contribution >= 4 is 68.4 Å². The van der Waals surface area contributed by atoms with E-state index >= 15 is 0 Å². The van der Waals surface area contributed by atoms with Crippen LogP contribution in [0.3, 0.4) is 0 Å². The average molecular weight is 898 g/mol. The van der Waals surface area contributed by atoms with E-state index in [9.17, 15) is 18.0 Å². The Hall–Kier alpha value is -6.07. The third kappa shape index (κ3) is 10.7. The summed E-state index contributed by atoms with van der Waals surface area (Å²) in [5.74, 6) is 0. The van der Waals surface area contributed by atoms with Crippen molar-refractivity contribution in [2.75, 3.05) is 85.5 Å². The molecule has 1 N–H and O–H groups in total. The number of alkyl halides is 3. The normalized spacial score (nSPS) is 15.0. The second-order valence-corrected chi connectivity index (χ2v) is 17.3. The van der Waals surface area contributed by atoms with Crippen LogP contribution in [0.1, 0.15) is 27.8 Å². The number of carbonyl (C=O) groups excluding carboxylic acids is 1. The number of aryl methyl sites for hydroxylation is 2. The van der Waals surface area contributed by atoms with Gasteiger partial charge in [-0.15, -0.1) is 12.4 Å². The Morgan fingerprint density at radius 3 is 1.57 bits per heavy atom. The molecule has 0 aromatic heterocycles. The molecule has 2 heterocycles. The molecule has 7 aromatic carbocycles. The van der Waals surface area contributed by atoms with E-state index in [1.54, 1.807) is 12.1 Å². The van der Waals surface area contributed by atoms with E-state index in [-0.39, 0.29) is 18.1 Å². The summed E-state index contributed by atoms with van der Waals surface area (Å²) in [6.07, 6.45) is -3.03. The first kappa shape index (κ1) is 45.5. The van der Waals surface area contributed by atoms with Gasteiger partial charge >= 0.3 is 12.2 Å². The van der Waals surface area contributed by atoms with Crippen molar-refractivity contribution in [3.05, 3.63) is 173 Å². The molecule has 7 aromatic rings. The summed E-state index contributed by atoms with van der Waals surface area (Å²) in [7, 11) is 0. The number of urea groups is 1. The number of hydrogen-bond donors (Lipinski definition) is 1. The van der Waals surface area contributed by atoms with Gasteiger partial charge in [-0.05, 0) is 103 Å². The van der Waals surface area contributed by atoms with Crippen LogP contribution in [-0.2, 0) is 19.0 Å². The van der Waals surface area contributed by atoms with Crippen LogP contribution in [0.4, 0.5) is 46.4 Å². The number of piperazine rings is 2. The van der Waals surface area contributed by atoms with Crippen LogP contribution in [0.15, 0.2) is 146 Å². The highest BCUT2D eigenvalue weighted by Crippen LogP contribution is 2.35. The van der Waals surface area contributed by atoms with Crippen LogP contribution in [0, 0.1) is 13.8 Å². The molecule has 2 fully saturated rings. The molecule has 0 atom stereocenters. The molecule has 2 amide bonds. The summed E-state index contributed by atoms with van der Waals surface area (Å²) in [5.41, 5.74) is 7.55. The molecule has 336 valence electrons. The van der Waals surface area contributed by atoms with Crippen molar-refractivity contribution < 1.29 is 18.0 Å². The van der Waals surface area contributed by atoms with Crippen molar-refractivity contribution in [1.82, 2.24) is 9.80 Å². The highest BCUT2D eigenvalue weighted by molar-refractivity contribution is 6.07. The molecular weight excluding hydrogens is 841 g/mol. The predicted octanol–water partition coefficient (Wildman–Crippen LogP) is 12.2. The van der Waals surface area contributed by atoms with E-state index < -0.39 is 17.8 Å². The molecule has 0 radical (unpaired) electrons. The van der Waals surface area contributed by atoms with Crippen molar-refractivity contribution in [3.8, 4) is 0 Å². The van der Waals surface area contributed by atoms with Crippen molar-refractivity contribution in [1.29, 1.82) is 0 Å². The Morgan fingerprint density at radius 1 is 0.554 bits per heavy atom. The van der Waals surface area contributed by atoms with Crippen LogP contribution in [0.5, 0.6) is 0 Å². The van der Waals surface area contributed by atoms with Gasteiger partial charge in [0.2, 0.25) is 0 Å². The summed E-state index contributed by atoms with van der Waals surface area (Å²) in [6.45, 7) is 13.4. The number of halogens is 4. The minimum Gasteiger partial charge on any atom is -0.368 e. The second-order valence-electron chi connectivity index (χ2n) is 17.3. The van der Waals surface area contributed by atoms with Crippen molar-refractivity contribution in [3.63, 3.8) is 0 Å². The monoisotopic (exact) mass is 896 g/mol. The van der Waals surface area contributed by atoms with E-state index in [1.165, 1.54) is 55.0 Å². The van der Waals surface area contributed by atoms with Crippen LogP contribution >= 0.6 is 12.4 Å². The zero-order valence-corrected chi connectivity index (χ0v) is 37.8. The smallest absolute Gasteiger partial charge is 0.368 e. The third-order valence-electron chi connectivity index (χ3n) is 12.9. The van der Waals surface area contributed by atoms with Gasteiger partial charge in [-0.25, -0.2) is 4.79 Å². The standard InChI is InChI=1S/C54H55F3N6O.ClH/c1-39-18-20-49-43(34-39)10-5-16-51(49)61-30-26-59(27-31-61)24-22-41-8-3-13-46(36-41)58-53(64)63(48-15-7-12-45(38-48)54(55,56)57)47-14-4-9-42(37-47)23-25-60-28-32-62(33-29-60)52-17-6-11-44-35-40(2)19-21-50(44)52;/h3-21,34-38H,22-33H2,1-2H3,(H,58,64);1H. The SMILES string of the molecule is Cc1ccc2c(N3CCN(CCc4cccc(NC(=O)N(c5cccc(CCN6CCN(c7cccc8cc(C)ccc78)CC6)c5)c5cccc(C(F)(F)F)c5)c4)CC3)cccc2c1.Cl. The van der Waals surface area contributed by atoms with E-state index in [4.69, 9.17) is 0 Å². The largest absolute Gasteiger partial charge is 0.416 e. The highest BCUT2D eigenvalue weighted by atomic mass is 35.5. The molecule has 0 aliphatic carbocycles. The molecule has 0 saturated carbocycles. The number of hydrogen-bond acceptors (Lipinski definition) is 5. The highest BCUT2D eigenvalue weighted by Gasteiger charge is 2.32. The van der Waals surface area contributed by atoms with Gasteiger partial charge in [-0.3, -0.25) is 14.7 Å². The maximum Gasteiger partial charge on any atom is 0.416 e. The fraction of sp³-hybridized carbons (Fsp3) is 0.278. The zero-order valence-electron chi connectivity index (χ0n) is 37.0. The van der Waals surface area contributed by atoms with Crippen LogP contribution in [0.2, 0.25) is 0 Å². The minimum absolute atomic E-state index is 0. The lowest BCUT2D eigenvalue weighted by Gasteiger charge is -2.36. The number of benzene rings is 7.